The summed E-state index contributed by atoms with van der Waals surface area (Å²) in [5.41, 5.74) is -0.874. The third-order valence-corrected chi connectivity index (χ3v) is 3.47. The van der Waals surface area contributed by atoms with Gasteiger partial charge in [0.05, 0.1) is 6.10 Å². The fraction of sp³-hybridized carbons (Fsp3) is 0.615. The van der Waals surface area contributed by atoms with E-state index in [-0.39, 0.29) is 25.0 Å². The molecule has 2 N–H and O–H groups in total. The number of hydrogen-bond acceptors (Lipinski definition) is 5. The monoisotopic (exact) mass is 296 g/mol. The van der Waals surface area contributed by atoms with Crippen LogP contribution in [0.4, 0.5) is 0 Å². The maximum atomic E-state index is 12.3. The van der Waals surface area contributed by atoms with E-state index in [4.69, 9.17) is 0 Å². The number of nitrogens with zero attached hydrogens (tertiary/aromatic N) is 3. The molecule has 0 radical (unpaired) electrons. The van der Waals surface area contributed by atoms with Gasteiger partial charge in [0.1, 0.15) is 6.54 Å². The highest BCUT2D eigenvalue weighted by atomic mass is 16.3. The Morgan fingerprint density at radius 3 is 2.81 bits per heavy atom. The summed E-state index contributed by atoms with van der Waals surface area (Å²) in [6, 6.07) is 2.16. The number of aliphatic hydroxyl groups excluding tert-OH is 1. The summed E-state index contributed by atoms with van der Waals surface area (Å²) in [6.07, 6.45) is -0.0325. The van der Waals surface area contributed by atoms with Crippen LogP contribution in [-0.4, -0.2) is 69.9 Å². The Hall–Kier alpha value is -1.93. The van der Waals surface area contributed by atoms with Crippen LogP contribution < -0.4 is 11.1 Å². The first-order valence-corrected chi connectivity index (χ1v) is 6.79. The van der Waals surface area contributed by atoms with Crippen molar-refractivity contribution in [3.05, 3.63) is 32.8 Å². The molecule has 1 aromatic heterocycles. The lowest BCUT2D eigenvalue weighted by Gasteiger charge is -2.26. The topological polar surface area (TPSA) is 98.6 Å². The van der Waals surface area contributed by atoms with Crippen molar-refractivity contribution < 1.29 is 9.90 Å². The van der Waals surface area contributed by atoms with Gasteiger partial charge in [-0.3, -0.25) is 19.5 Å². The smallest absolute Gasteiger partial charge is 0.265 e. The van der Waals surface area contributed by atoms with Crippen molar-refractivity contribution in [1.29, 1.82) is 0 Å². The van der Waals surface area contributed by atoms with Gasteiger partial charge in [-0.25, -0.2) is 4.68 Å². The molecule has 116 valence electrons. The Bertz CT molecular complexity index is 621. The zero-order chi connectivity index (χ0) is 15.6. The number of amides is 1. The van der Waals surface area contributed by atoms with E-state index in [1.165, 1.54) is 0 Å². The molecular weight excluding hydrogens is 276 g/mol. The molecule has 0 aromatic carbocycles. The summed E-state index contributed by atoms with van der Waals surface area (Å²) in [4.78, 5) is 38.7. The number of nitrogens with one attached hydrogen (secondary N) is 1. The minimum absolute atomic E-state index is 0.0892. The third kappa shape index (κ3) is 3.79. The number of aromatic amines is 1. The Morgan fingerprint density at radius 1 is 1.43 bits per heavy atom. The van der Waals surface area contributed by atoms with Crippen molar-refractivity contribution >= 4 is 5.91 Å². The second-order valence-electron chi connectivity index (χ2n) is 5.59. The molecule has 0 aliphatic carbocycles. The van der Waals surface area contributed by atoms with E-state index in [1.807, 2.05) is 19.0 Å². The molecule has 2 atom stereocenters. The SMILES string of the molecule is CN(C)CC1CC(O)CN1C(=O)Cn1[nH]c(=O)ccc1=O. The summed E-state index contributed by atoms with van der Waals surface area (Å²) in [7, 11) is 3.79. The molecule has 0 saturated carbocycles. The van der Waals surface area contributed by atoms with Crippen LogP contribution in [0.1, 0.15) is 6.42 Å². The van der Waals surface area contributed by atoms with Crippen LogP contribution in [0, 0.1) is 0 Å². The largest absolute Gasteiger partial charge is 0.391 e. The van der Waals surface area contributed by atoms with Crippen LogP contribution in [0.3, 0.4) is 0 Å². The predicted molar refractivity (Wildman–Crippen MR) is 76.0 cm³/mol. The first-order valence-electron chi connectivity index (χ1n) is 6.79. The van der Waals surface area contributed by atoms with E-state index < -0.39 is 17.2 Å². The molecule has 8 heteroatoms. The van der Waals surface area contributed by atoms with Gasteiger partial charge < -0.3 is 14.9 Å². The van der Waals surface area contributed by atoms with Gasteiger partial charge in [0.15, 0.2) is 0 Å². The quantitative estimate of drug-likeness (QED) is 0.673. The van der Waals surface area contributed by atoms with Crippen molar-refractivity contribution in [2.75, 3.05) is 27.2 Å². The molecule has 1 amide bonds. The van der Waals surface area contributed by atoms with E-state index in [0.29, 0.717) is 13.0 Å². The lowest BCUT2D eigenvalue weighted by atomic mass is 10.2. The van der Waals surface area contributed by atoms with E-state index in [0.717, 1.165) is 16.8 Å². The fourth-order valence-corrected chi connectivity index (χ4v) is 2.60. The molecule has 2 unspecified atom stereocenters. The third-order valence-electron chi connectivity index (χ3n) is 3.47. The fourth-order valence-electron chi connectivity index (χ4n) is 2.60. The Balaban J connectivity index is 2.13. The minimum atomic E-state index is -0.551. The lowest BCUT2D eigenvalue weighted by Crippen LogP contribution is -2.44. The number of H-pyrrole nitrogens is 1. The average Bonchev–Trinajstić information content (AvgIpc) is 2.74. The van der Waals surface area contributed by atoms with Gasteiger partial charge in [-0.05, 0) is 20.5 Å². The van der Waals surface area contributed by atoms with Crippen LogP contribution >= 0.6 is 0 Å². The summed E-state index contributed by atoms with van der Waals surface area (Å²) in [5.74, 6) is -0.289. The number of aliphatic hydroxyl groups is 1. The molecule has 1 aliphatic rings. The number of β-amino-alcohol motifs (C(OH)–C–C–N with tert-alkyl or cyclic N) is 1. The maximum Gasteiger partial charge on any atom is 0.265 e. The van der Waals surface area contributed by atoms with Crippen LogP contribution in [0.5, 0.6) is 0 Å². The highest BCUT2D eigenvalue weighted by Gasteiger charge is 2.34. The minimum Gasteiger partial charge on any atom is -0.391 e. The molecule has 2 rings (SSSR count). The number of hydrogen-bond donors (Lipinski definition) is 2. The zero-order valence-electron chi connectivity index (χ0n) is 12.2. The van der Waals surface area contributed by atoms with Crippen LogP contribution in [0.15, 0.2) is 21.7 Å². The lowest BCUT2D eigenvalue weighted by molar-refractivity contribution is -0.133. The standard InChI is InChI=1S/C13H20N4O4/c1-15(2)6-9-5-10(18)7-16(9)13(21)8-17-12(20)4-3-11(19)14-17/h3-4,9-10,18H,5-8H2,1-2H3,(H,14,19). The molecule has 1 aliphatic heterocycles. The molecule has 1 fully saturated rings. The van der Waals surface area contributed by atoms with Crippen molar-refractivity contribution in [2.45, 2.75) is 25.1 Å². The van der Waals surface area contributed by atoms with Crippen LogP contribution in [0.2, 0.25) is 0 Å². The van der Waals surface area contributed by atoms with Gasteiger partial charge in [0.2, 0.25) is 5.91 Å². The van der Waals surface area contributed by atoms with Gasteiger partial charge in [0.25, 0.3) is 11.1 Å². The normalized spacial score (nSPS) is 22.0. The van der Waals surface area contributed by atoms with Gasteiger partial charge in [-0.1, -0.05) is 0 Å². The number of rotatable bonds is 4. The predicted octanol–water partition coefficient (Wildman–Crippen LogP) is -1.94. The molecular formula is C13H20N4O4. The van der Waals surface area contributed by atoms with Gasteiger partial charge in [-0.15, -0.1) is 0 Å². The van der Waals surface area contributed by atoms with Crippen molar-refractivity contribution in [1.82, 2.24) is 19.6 Å². The van der Waals surface area contributed by atoms with Gasteiger partial charge in [-0.2, -0.15) is 0 Å². The molecule has 0 bridgehead atoms. The molecule has 8 nitrogen and oxygen atoms in total. The summed E-state index contributed by atoms with van der Waals surface area (Å²) >= 11 is 0. The summed E-state index contributed by atoms with van der Waals surface area (Å²) in [5, 5.41) is 12.1. The summed E-state index contributed by atoms with van der Waals surface area (Å²) in [6.45, 7) is 0.664. The Labute approximate surface area is 121 Å². The van der Waals surface area contributed by atoms with Gasteiger partial charge >= 0.3 is 0 Å². The first-order chi connectivity index (χ1) is 9.86. The molecule has 2 heterocycles. The maximum absolute atomic E-state index is 12.3. The molecule has 0 spiro atoms. The first kappa shape index (κ1) is 15.5. The Kier molecular flexibility index (Phi) is 4.59. The number of likely N-dealkylation sites (tertiary alicyclic amines) is 1. The number of likely N-dealkylation sites (N-methyl/N-ethyl adjacent to an activating group) is 1. The second-order valence-corrected chi connectivity index (χ2v) is 5.59. The number of carbonyl (C=O) groups excluding carboxylic acids is 1. The zero-order valence-corrected chi connectivity index (χ0v) is 12.2. The van der Waals surface area contributed by atoms with Crippen molar-refractivity contribution in [3.63, 3.8) is 0 Å². The van der Waals surface area contributed by atoms with Crippen LogP contribution in [-0.2, 0) is 11.3 Å². The van der Waals surface area contributed by atoms with E-state index in [1.54, 1.807) is 4.90 Å². The molecule has 21 heavy (non-hydrogen) atoms. The molecule has 1 saturated heterocycles. The molecule has 1 aromatic rings. The van der Waals surface area contributed by atoms with Crippen molar-refractivity contribution in [3.8, 4) is 0 Å². The number of carbonyl (C=O) groups is 1. The van der Waals surface area contributed by atoms with Gasteiger partial charge in [0, 0.05) is 31.3 Å². The van der Waals surface area contributed by atoms with Crippen molar-refractivity contribution in [2.24, 2.45) is 0 Å². The Morgan fingerprint density at radius 2 is 2.14 bits per heavy atom. The number of aromatic nitrogens is 2. The summed E-state index contributed by atoms with van der Waals surface area (Å²) < 4.78 is 0.988. The van der Waals surface area contributed by atoms with Crippen LogP contribution in [0.25, 0.3) is 0 Å². The highest BCUT2D eigenvalue weighted by Crippen LogP contribution is 2.18. The van der Waals surface area contributed by atoms with E-state index in [9.17, 15) is 19.5 Å². The average molecular weight is 296 g/mol. The second kappa shape index (κ2) is 6.23. The van der Waals surface area contributed by atoms with E-state index in [2.05, 4.69) is 5.10 Å². The van der Waals surface area contributed by atoms with E-state index >= 15 is 0 Å². The highest BCUT2D eigenvalue weighted by molar-refractivity contribution is 5.76.